The van der Waals surface area contributed by atoms with Crippen LogP contribution in [-0.2, 0) is 32.9 Å². The van der Waals surface area contributed by atoms with Gasteiger partial charge in [-0.25, -0.2) is 4.98 Å². The monoisotopic (exact) mass is 834 g/mol. The van der Waals surface area contributed by atoms with Gasteiger partial charge in [-0.05, 0) is 40.3 Å². The predicted molar refractivity (Wildman–Crippen MR) is 215 cm³/mol. The van der Waals surface area contributed by atoms with Crippen LogP contribution in [-0.4, -0.2) is 51.8 Å². The van der Waals surface area contributed by atoms with Crippen molar-refractivity contribution in [1.29, 1.82) is 0 Å². The van der Waals surface area contributed by atoms with E-state index in [-0.39, 0.29) is 31.9 Å². The number of fused-ring (bicyclic) bond motifs is 2. The molecule has 0 bridgehead atoms. The Bertz CT molecular complexity index is 1830. The molecule has 0 radical (unpaired) electrons. The molecule has 1 heterocycles. The number of aromatic nitrogens is 2. The van der Waals surface area contributed by atoms with Gasteiger partial charge in [-0.15, -0.1) is 5.69 Å². The third kappa shape index (κ3) is 10.5. The van der Waals surface area contributed by atoms with Crippen LogP contribution >= 0.6 is 0 Å². The van der Waals surface area contributed by atoms with E-state index in [1.807, 2.05) is 0 Å². The van der Waals surface area contributed by atoms with Gasteiger partial charge >= 0.3 is 25.8 Å². The van der Waals surface area contributed by atoms with E-state index in [0.717, 1.165) is 33.7 Å². The third-order valence-electron chi connectivity index (χ3n) is 7.99. The molecule has 0 fully saturated rings. The van der Waals surface area contributed by atoms with E-state index in [1.165, 1.54) is 27.5 Å². The summed E-state index contributed by atoms with van der Waals surface area (Å²) in [5.41, 5.74) is 9.27. The number of benzene rings is 5. The first-order valence-electron chi connectivity index (χ1n) is 16.9. The minimum absolute atomic E-state index is 0. The Hall–Kier alpha value is -3.62. The summed E-state index contributed by atoms with van der Waals surface area (Å²) in [5.74, 6) is 1.68. The van der Waals surface area contributed by atoms with Crippen molar-refractivity contribution in [2.24, 2.45) is 7.05 Å². The summed E-state index contributed by atoms with van der Waals surface area (Å²) in [7, 11) is 12.6. The molecule has 0 aliphatic rings. The first-order valence-corrected chi connectivity index (χ1v) is 16.9. The predicted octanol–water partition coefficient (Wildman–Crippen LogP) is 12.3. The van der Waals surface area contributed by atoms with Crippen LogP contribution in [0.1, 0.15) is 68.1 Å². The second-order valence-corrected chi connectivity index (χ2v) is 12.6. The molecule has 0 aliphatic heterocycles. The van der Waals surface area contributed by atoms with Crippen molar-refractivity contribution in [2.75, 3.05) is 42.3 Å². The van der Waals surface area contributed by atoms with Gasteiger partial charge in [0.25, 0.3) is 0 Å². The zero-order chi connectivity index (χ0) is 35.9. The third-order valence-corrected chi connectivity index (χ3v) is 7.99. The van der Waals surface area contributed by atoms with Crippen LogP contribution in [0.4, 0.5) is 5.69 Å². The number of rotatable bonds is 7. The Labute approximate surface area is 320 Å². The van der Waals surface area contributed by atoms with Gasteiger partial charge in [0.15, 0.2) is 0 Å². The molecule has 6 rings (SSSR count). The number of para-hydroxylation sites is 2. The van der Waals surface area contributed by atoms with Gasteiger partial charge in [0.2, 0.25) is 0 Å². The first kappa shape index (κ1) is 42.5. The minimum atomic E-state index is -0.239. The van der Waals surface area contributed by atoms with Crippen molar-refractivity contribution in [3.8, 4) is 11.1 Å². The van der Waals surface area contributed by atoms with Gasteiger partial charge in [-0.3, -0.25) is 0 Å². The van der Waals surface area contributed by atoms with E-state index in [0.29, 0.717) is 11.8 Å². The van der Waals surface area contributed by atoms with Crippen LogP contribution in [0, 0.1) is 0 Å². The number of imidazole rings is 1. The zero-order valence-corrected chi connectivity index (χ0v) is 35.4. The molecule has 5 aromatic carbocycles. The summed E-state index contributed by atoms with van der Waals surface area (Å²) in [6, 6.07) is 38.6. The van der Waals surface area contributed by atoms with Gasteiger partial charge in [0, 0.05) is 12.6 Å². The number of nitrogens with zero attached hydrogens (tertiary/aromatic N) is 6. The van der Waals surface area contributed by atoms with Crippen molar-refractivity contribution in [3.05, 3.63) is 153 Å². The van der Waals surface area contributed by atoms with Crippen LogP contribution < -0.4 is 0 Å². The largest absolute Gasteiger partial charge is 4.00 e. The van der Waals surface area contributed by atoms with E-state index in [2.05, 4.69) is 164 Å². The maximum absolute atomic E-state index is 5.57. The molecule has 0 amide bonds. The summed E-state index contributed by atoms with van der Waals surface area (Å²) >= 11 is 0. The van der Waals surface area contributed by atoms with Crippen LogP contribution in [0.3, 0.4) is 0 Å². The normalized spacial score (nSPS) is 11.1. The summed E-state index contributed by atoms with van der Waals surface area (Å²) < 4.78 is 2.23. The number of aryl methyl sites for hydroxylation is 1. The molecule has 0 spiro atoms. The summed E-state index contributed by atoms with van der Waals surface area (Å²) in [6.45, 7) is 9.01. The fourth-order valence-corrected chi connectivity index (χ4v) is 5.86. The second-order valence-electron chi connectivity index (χ2n) is 12.6. The summed E-state index contributed by atoms with van der Waals surface area (Å²) in [6.07, 6.45) is 0. The molecule has 6 aromatic rings. The molecule has 7 heteroatoms. The molecule has 260 valence electrons. The minimum Gasteiger partial charge on any atom is -0.671 e. The van der Waals surface area contributed by atoms with E-state index in [9.17, 15) is 0 Å². The van der Waals surface area contributed by atoms with Gasteiger partial charge < -0.3 is 25.8 Å². The van der Waals surface area contributed by atoms with Crippen molar-refractivity contribution in [2.45, 2.75) is 45.6 Å². The molecule has 0 aliphatic carbocycles. The molecular weight excluding hydrogens is 779 g/mol. The Morgan fingerprint density at radius 1 is 0.560 bits per heavy atom. The van der Waals surface area contributed by atoms with Crippen LogP contribution in [0.5, 0.6) is 0 Å². The van der Waals surface area contributed by atoms with Crippen LogP contribution in [0.2, 0.25) is 0 Å². The average Bonchev–Trinajstić information content (AvgIpc) is 3.44. The van der Waals surface area contributed by atoms with Gasteiger partial charge in [0.05, 0.1) is 16.9 Å². The fourth-order valence-electron chi connectivity index (χ4n) is 5.86. The maximum atomic E-state index is 5.57. The second kappa shape index (κ2) is 21.6. The summed E-state index contributed by atoms with van der Waals surface area (Å²) in [4.78, 5) is 5.39. The van der Waals surface area contributed by atoms with Gasteiger partial charge in [-0.1, -0.05) is 148 Å². The average molecular weight is 833 g/mol. The standard InChI is InChI=1S/C37H36N3.3C2H6N.Hf/c1-24(2)28-19-12-20-29(25(3)4)35(28)38-34(27-15-7-6-8-16-27)37-39-36-32(22-13-23-33(36)40(37)5)31-21-11-17-26-14-9-10-18-30(26)31;3*1-3-2;/h6-25,34H,1-5H3;3*1-2H3;/q4*-1;+4. The Morgan fingerprint density at radius 2 is 1.04 bits per heavy atom. The van der Waals surface area contributed by atoms with E-state index < -0.39 is 0 Å². The van der Waals surface area contributed by atoms with E-state index >= 15 is 0 Å². The van der Waals surface area contributed by atoms with Crippen molar-refractivity contribution in [1.82, 2.24) is 9.55 Å². The smallest absolute Gasteiger partial charge is 0.671 e. The van der Waals surface area contributed by atoms with E-state index in [1.54, 1.807) is 42.3 Å². The molecule has 50 heavy (non-hydrogen) atoms. The maximum Gasteiger partial charge on any atom is 4.00 e. The van der Waals surface area contributed by atoms with Gasteiger partial charge in [-0.2, -0.15) is 42.3 Å². The number of hydrogen-bond donors (Lipinski definition) is 0. The Balaban J connectivity index is 0.000000787. The molecule has 0 saturated heterocycles. The van der Waals surface area contributed by atoms with Crippen molar-refractivity contribution < 1.29 is 25.8 Å². The van der Waals surface area contributed by atoms with Crippen LogP contribution in [0.15, 0.2) is 109 Å². The van der Waals surface area contributed by atoms with Crippen LogP contribution in [0.25, 0.3) is 54.2 Å². The van der Waals surface area contributed by atoms with E-state index in [4.69, 9.17) is 10.3 Å². The molecule has 6 nitrogen and oxygen atoms in total. The Kier molecular flexibility index (Phi) is 18.4. The molecular formula is C43H54HfN6. The first-order chi connectivity index (χ1) is 23.7. The Morgan fingerprint density at radius 3 is 1.62 bits per heavy atom. The molecule has 1 atom stereocenters. The van der Waals surface area contributed by atoms with Crippen molar-refractivity contribution in [3.63, 3.8) is 0 Å². The quantitative estimate of drug-likeness (QED) is 0.148. The summed E-state index contributed by atoms with van der Waals surface area (Å²) in [5, 5.41) is 18.5. The molecule has 1 unspecified atom stereocenters. The molecule has 0 N–H and O–H groups in total. The SMILES string of the molecule is CC(C)c1cccc(C(C)C)c1[N-]C(c1ccccc1)c1nc2c(-c3cccc4ccccc34)cccc2n1C.C[N-]C.C[N-]C.C[N-]C.[Hf+4]. The topological polar surface area (TPSA) is 74.2 Å². The van der Waals surface area contributed by atoms with Crippen molar-refractivity contribution >= 4 is 27.5 Å². The zero-order valence-electron chi connectivity index (χ0n) is 31.8. The molecule has 1 aromatic heterocycles. The van der Waals surface area contributed by atoms with Gasteiger partial charge in [0.1, 0.15) is 0 Å². The molecule has 0 saturated carbocycles. The number of hydrogen-bond acceptors (Lipinski definition) is 1. The fraction of sp³-hybridized carbons (Fsp3) is 0.326.